The Balaban J connectivity index is 2.27. The van der Waals surface area contributed by atoms with Crippen LogP contribution in [0.5, 0.6) is 0 Å². The molecule has 0 amide bonds. The maximum absolute atomic E-state index is 5.89. The van der Waals surface area contributed by atoms with E-state index in [9.17, 15) is 0 Å². The first-order valence-corrected chi connectivity index (χ1v) is 5.35. The Morgan fingerprint density at radius 1 is 1.44 bits per heavy atom. The number of nitrogens with two attached hydrogens (primary N) is 1. The van der Waals surface area contributed by atoms with Crippen molar-refractivity contribution in [3.63, 3.8) is 0 Å². The Bertz CT molecular complexity index is 480. The average Bonchev–Trinajstić information content (AvgIpc) is 2.80. The molecule has 0 spiro atoms. The van der Waals surface area contributed by atoms with Gasteiger partial charge in [-0.2, -0.15) is 0 Å². The Morgan fingerprint density at radius 2 is 2.19 bits per heavy atom. The predicted octanol–water partition coefficient (Wildman–Crippen LogP) is 0.993. The molecule has 1 atom stereocenters. The fourth-order valence-electron chi connectivity index (χ4n) is 1.73. The first-order valence-electron chi connectivity index (χ1n) is 5.35. The summed E-state index contributed by atoms with van der Waals surface area (Å²) in [6.45, 7) is 4.63. The molecule has 5 heteroatoms. The number of nitrogens with zero attached hydrogens (tertiary/aromatic N) is 4. The number of rotatable bonds is 3. The van der Waals surface area contributed by atoms with Crippen molar-refractivity contribution >= 4 is 0 Å². The monoisotopic (exact) mass is 219 g/mol. The third-order valence-electron chi connectivity index (χ3n) is 2.83. The summed E-state index contributed by atoms with van der Waals surface area (Å²) in [4.78, 5) is 0. The molecular weight excluding hydrogens is 202 g/mol. The van der Waals surface area contributed by atoms with Crippen LogP contribution in [0.1, 0.15) is 30.3 Å². The van der Waals surface area contributed by atoms with Crippen LogP contribution in [-0.2, 0) is 13.6 Å². The zero-order valence-corrected chi connectivity index (χ0v) is 9.88. The molecule has 0 aliphatic heterocycles. The van der Waals surface area contributed by atoms with E-state index in [4.69, 9.17) is 5.73 Å². The lowest BCUT2D eigenvalue weighted by molar-refractivity contribution is 0.634. The van der Waals surface area contributed by atoms with Gasteiger partial charge in [0.25, 0.3) is 0 Å². The molecule has 2 aromatic heterocycles. The third-order valence-corrected chi connectivity index (χ3v) is 2.83. The van der Waals surface area contributed by atoms with Crippen molar-refractivity contribution in [3.05, 3.63) is 35.7 Å². The third kappa shape index (κ3) is 1.86. The van der Waals surface area contributed by atoms with Crippen LogP contribution in [0, 0.1) is 6.92 Å². The van der Waals surface area contributed by atoms with Crippen molar-refractivity contribution in [1.29, 1.82) is 0 Å². The summed E-state index contributed by atoms with van der Waals surface area (Å²) in [6, 6.07) is 4.07. The molecule has 0 radical (unpaired) electrons. The Morgan fingerprint density at radius 3 is 2.75 bits per heavy atom. The molecule has 86 valence electrons. The lowest BCUT2D eigenvalue weighted by Crippen LogP contribution is -2.14. The Kier molecular flexibility index (Phi) is 2.78. The van der Waals surface area contributed by atoms with Gasteiger partial charge < -0.3 is 14.9 Å². The minimum Gasteiger partial charge on any atom is -0.342 e. The second-order valence-electron chi connectivity index (χ2n) is 4.07. The molecule has 0 fully saturated rings. The van der Waals surface area contributed by atoms with Gasteiger partial charge >= 0.3 is 0 Å². The molecule has 0 aliphatic rings. The SMILES string of the molecule is Cc1nnc(Cn2cccc2C(C)N)n1C. The summed E-state index contributed by atoms with van der Waals surface area (Å²) < 4.78 is 4.10. The van der Waals surface area contributed by atoms with Gasteiger partial charge in [0.05, 0.1) is 6.54 Å². The van der Waals surface area contributed by atoms with E-state index in [-0.39, 0.29) is 6.04 Å². The largest absolute Gasteiger partial charge is 0.342 e. The van der Waals surface area contributed by atoms with Crippen LogP contribution < -0.4 is 5.73 Å². The van der Waals surface area contributed by atoms with Crippen molar-refractivity contribution in [2.24, 2.45) is 12.8 Å². The number of aromatic nitrogens is 4. The first-order chi connectivity index (χ1) is 7.59. The summed E-state index contributed by atoms with van der Waals surface area (Å²) in [5.74, 6) is 1.86. The predicted molar refractivity (Wildman–Crippen MR) is 61.9 cm³/mol. The molecule has 0 saturated heterocycles. The van der Waals surface area contributed by atoms with Crippen LogP contribution in [0.3, 0.4) is 0 Å². The van der Waals surface area contributed by atoms with Gasteiger partial charge in [-0.3, -0.25) is 0 Å². The van der Waals surface area contributed by atoms with Crippen molar-refractivity contribution in [2.45, 2.75) is 26.4 Å². The number of aryl methyl sites for hydroxylation is 1. The van der Waals surface area contributed by atoms with Crippen molar-refractivity contribution in [3.8, 4) is 0 Å². The lowest BCUT2D eigenvalue weighted by atomic mass is 10.2. The summed E-state index contributed by atoms with van der Waals surface area (Å²) >= 11 is 0. The van der Waals surface area contributed by atoms with Crippen LogP contribution in [0.15, 0.2) is 18.3 Å². The second-order valence-corrected chi connectivity index (χ2v) is 4.07. The zero-order chi connectivity index (χ0) is 11.7. The maximum atomic E-state index is 5.89. The van der Waals surface area contributed by atoms with E-state index in [0.717, 1.165) is 17.3 Å². The summed E-state index contributed by atoms with van der Waals surface area (Å²) in [5, 5.41) is 8.18. The van der Waals surface area contributed by atoms with Gasteiger partial charge in [-0.25, -0.2) is 0 Å². The molecule has 2 rings (SSSR count). The highest BCUT2D eigenvalue weighted by Gasteiger charge is 2.09. The van der Waals surface area contributed by atoms with Crippen LogP contribution in [0.25, 0.3) is 0 Å². The Hall–Kier alpha value is -1.62. The van der Waals surface area contributed by atoms with Gasteiger partial charge in [-0.15, -0.1) is 10.2 Å². The summed E-state index contributed by atoms with van der Waals surface area (Å²) in [7, 11) is 1.97. The molecule has 2 heterocycles. The maximum Gasteiger partial charge on any atom is 0.152 e. The molecule has 2 N–H and O–H groups in total. The van der Waals surface area contributed by atoms with Crippen LogP contribution in [0.4, 0.5) is 0 Å². The minimum atomic E-state index is 0.0318. The topological polar surface area (TPSA) is 61.7 Å². The smallest absolute Gasteiger partial charge is 0.152 e. The molecule has 16 heavy (non-hydrogen) atoms. The fourth-order valence-corrected chi connectivity index (χ4v) is 1.73. The van der Waals surface area contributed by atoms with E-state index < -0.39 is 0 Å². The van der Waals surface area contributed by atoms with Gasteiger partial charge in [0.15, 0.2) is 5.82 Å². The standard InChI is InChI=1S/C11H17N5/c1-8(12)10-5-4-6-16(10)7-11-14-13-9(2)15(11)3/h4-6,8H,7,12H2,1-3H3. The second kappa shape index (κ2) is 4.09. The molecule has 0 bridgehead atoms. The molecule has 0 aromatic carbocycles. The van der Waals surface area contributed by atoms with Crippen LogP contribution >= 0.6 is 0 Å². The lowest BCUT2D eigenvalue weighted by Gasteiger charge is -2.11. The van der Waals surface area contributed by atoms with E-state index in [1.807, 2.05) is 43.8 Å². The highest BCUT2D eigenvalue weighted by molar-refractivity contribution is 5.12. The normalized spacial score (nSPS) is 13.0. The van der Waals surface area contributed by atoms with Crippen molar-refractivity contribution < 1.29 is 0 Å². The van der Waals surface area contributed by atoms with E-state index in [1.165, 1.54) is 0 Å². The summed E-state index contributed by atoms with van der Waals surface area (Å²) in [5.41, 5.74) is 7.00. The molecule has 1 unspecified atom stereocenters. The van der Waals surface area contributed by atoms with Crippen LogP contribution in [0.2, 0.25) is 0 Å². The Labute approximate surface area is 94.9 Å². The number of hydrogen-bond acceptors (Lipinski definition) is 3. The highest BCUT2D eigenvalue weighted by atomic mass is 15.3. The molecule has 0 saturated carbocycles. The first kappa shape index (κ1) is 10.9. The van der Waals surface area contributed by atoms with Gasteiger partial charge in [0, 0.05) is 25.0 Å². The summed E-state index contributed by atoms with van der Waals surface area (Å²) in [6.07, 6.45) is 2.02. The van der Waals surface area contributed by atoms with Crippen molar-refractivity contribution in [1.82, 2.24) is 19.3 Å². The van der Waals surface area contributed by atoms with Gasteiger partial charge in [-0.05, 0) is 26.0 Å². The van der Waals surface area contributed by atoms with E-state index in [2.05, 4.69) is 14.8 Å². The van der Waals surface area contributed by atoms with E-state index in [1.54, 1.807) is 0 Å². The van der Waals surface area contributed by atoms with Crippen molar-refractivity contribution in [2.75, 3.05) is 0 Å². The molecular formula is C11H17N5. The quantitative estimate of drug-likeness (QED) is 0.837. The molecule has 0 aliphatic carbocycles. The zero-order valence-electron chi connectivity index (χ0n) is 9.88. The van der Waals surface area contributed by atoms with Gasteiger partial charge in [0.2, 0.25) is 0 Å². The van der Waals surface area contributed by atoms with E-state index in [0.29, 0.717) is 6.54 Å². The molecule has 5 nitrogen and oxygen atoms in total. The van der Waals surface area contributed by atoms with Gasteiger partial charge in [0.1, 0.15) is 5.82 Å². The number of hydrogen-bond donors (Lipinski definition) is 1. The van der Waals surface area contributed by atoms with E-state index >= 15 is 0 Å². The minimum absolute atomic E-state index is 0.0318. The van der Waals surface area contributed by atoms with Gasteiger partial charge in [-0.1, -0.05) is 0 Å². The fraction of sp³-hybridized carbons (Fsp3) is 0.455. The highest BCUT2D eigenvalue weighted by Crippen LogP contribution is 2.12. The molecule has 2 aromatic rings. The van der Waals surface area contributed by atoms with Crippen LogP contribution in [-0.4, -0.2) is 19.3 Å². The average molecular weight is 219 g/mol.